The van der Waals surface area contributed by atoms with Crippen molar-refractivity contribution in [2.45, 2.75) is 0 Å². The summed E-state index contributed by atoms with van der Waals surface area (Å²) in [5, 5.41) is 5.01. The molecule has 0 bridgehead atoms. The average Bonchev–Trinajstić information content (AvgIpc) is 3.33. The van der Waals surface area contributed by atoms with E-state index in [2.05, 4.69) is 10.1 Å². The summed E-state index contributed by atoms with van der Waals surface area (Å²) in [6.45, 7) is 0. The number of hydrogen-bond donors (Lipinski definition) is 0. The fraction of sp³-hybridized carbons (Fsp3) is 0. The quantitative estimate of drug-likeness (QED) is 0.358. The Labute approximate surface area is 192 Å². The van der Waals surface area contributed by atoms with E-state index in [-0.39, 0.29) is 5.56 Å². The monoisotopic (exact) mass is 457 g/mol. The molecule has 0 unspecified atom stereocenters. The summed E-state index contributed by atoms with van der Waals surface area (Å²) in [5.41, 5.74) is 1.64. The zero-order valence-electron chi connectivity index (χ0n) is 16.7. The summed E-state index contributed by atoms with van der Waals surface area (Å²) >= 11 is 7.21. The van der Waals surface area contributed by atoms with Gasteiger partial charge in [0.15, 0.2) is 5.82 Å². The SMILES string of the molecule is O=c1c(=Cc2cccc(Oc3ccccc3)c2)sc2nc(C=Cc3ccc(Cl)cc3)nn12. The molecule has 0 N–H and O–H groups in total. The van der Waals surface area contributed by atoms with E-state index in [1.54, 1.807) is 6.08 Å². The van der Waals surface area contributed by atoms with Crippen LogP contribution in [0.25, 0.3) is 23.2 Å². The molecule has 0 spiro atoms. The molecular weight excluding hydrogens is 442 g/mol. The van der Waals surface area contributed by atoms with Gasteiger partial charge in [-0.05, 0) is 59.7 Å². The third kappa shape index (κ3) is 4.46. The molecule has 0 fully saturated rings. The minimum absolute atomic E-state index is 0.196. The second-order valence-corrected chi connectivity index (χ2v) is 8.40. The van der Waals surface area contributed by atoms with Gasteiger partial charge in [-0.3, -0.25) is 4.79 Å². The summed E-state index contributed by atoms with van der Waals surface area (Å²) in [7, 11) is 0. The van der Waals surface area contributed by atoms with Crippen LogP contribution in [0, 0.1) is 0 Å². The predicted octanol–water partition coefficient (Wildman–Crippen LogP) is 5.31. The molecule has 0 aliphatic heterocycles. The smallest absolute Gasteiger partial charge is 0.291 e. The largest absolute Gasteiger partial charge is 0.457 e. The Morgan fingerprint density at radius 2 is 1.66 bits per heavy atom. The molecule has 0 aliphatic rings. The predicted molar refractivity (Wildman–Crippen MR) is 129 cm³/mol. The lowest BCUT2D eigenvalue weighted by atomic mass is 10.2. The highest BCUT2D eigenvalue weighted by Crippen LogP contribution is 2.22. The van der Waals surface area contributed by atoms with Crippen LogP contribution in [0.15, 0.2) is 83.7 Å². The van der Waals surface area contributed by atoms with Crippen LogP contribution in [0.5, 0.6) is 11.5 Å². The molecule has 2 aromatic heterocycles. The minimum Gasteiger partial charge on any atom is -0.457 e. The first-order valence-corrected chi connectivity index (χ1v) is 11.0. The summed E-state index contributed by atoms with van der Waals surface area (Å²) in [4.78, 5) is 17.8. The van der Waals surface area contributed by atoms with Crippen molar-refractivity contribution in [1.29, 1.82) is 0 Å². The van der Waals surface area contributed by atoms with Gasteiger partial charge in [0.1, 0.15) is 11.5 Å². The maximum atomic E-state index is 12.8. The van der Waals surface area contributed by atoms with Crippen molar-refractivity contribution >= 4 is 46.1 Å². The van der Waals surface area contributed by atoms with E-state index in [1.807, 2.05) is 91.0 Å². The third-order valence-electron chi connectivity index (χ3n) is 4.63. The van der Waals surface area contributed by atoms with Gasteiger partial charge in [0.05, 0.1) is 4.53 Å². The second-order valence-electron chi connectivity index (χ2n) is 6.95. The van der Waals surface area contributed by atoms with Crippen LogP contribution in [-0.2, 0) is 0 Å². The third-order valence-corrected chi connectivity index (χ3v) is 5.84. The molecule has 0 radical (unpaired) electrons. The number of benzene rings is 3. The molecule has 5 aromatic rings. The number of fused-ring (bicyclic) bond motifs is 1. The van der Waals surface area contributed by atoms with E-state index in [4.69, 9.17) is 16.3 Å². The van der Waals surface area contributed by atoms with Crippen LogP contribution in [0.1, 0.15) is 17.0 Å². The summed E-state index contributed by atoms with van der Waals surface area (Å²) in [5.74, 6) is 1.94. The maximum Gasteiger partial charge on any atom is 0.291 e. The Kier molecular flexibility index (Phi) is 5.54. The number of aromatic nitrogens is 3. The first-order chi connectivity index (χ1) is 15.6. The molecule has 2 heterocycles. The van der Waals surface area contributed by atoms with Crippen molar-refractivity contribution in [3.8, 4) is 11.5 Å². The van der Waals surface area contributed by atoms with Gasteiger partial charge in [-0.15, -0.1) is 5.10 Å². The van der Waals surface area contributed by atoms with Crippen LogP contribution in [0.3, 0.4) is 0 Å². The molecule has 3 aromatic carbocycles. The molecule has 156 valence electrons. The van der Waals surface area contributed by atoms with Gasteiger partial charge in [0.2, 0.25) is 4.96 Å². The van der Waals surface area contributed by atoms with Gasteiger partial charge in [-0.1, -0.05) is 71.5 Å². The number of hydrogen-bond acceptors (Lipinski definition) is 5. The average molecular weight is 458 g/mol. The fourth-order valence-electron chi connectivity index (χ4n) is 3.11. The normalized spacial score (nSPS) is 12.1. The Morgan fingerprint density at radius 1 is 0.875 bits per heavy atom. The topological polar surface area (TPSA) is 56.5 Å². The van der Waals surface area contributed by atoms with Gasteiger partial charge in [-0.25, -0.2) is 0 Å². The standard InChI is InChI=1S/C25H16ClN3O2S/c26-19-12-9-17(10-13-19)11-14-23-27-25-29(28-23)24(30)22(32-25)16-18-5-4-8-21(15-18)31-20-6-2-1-3-7-20/h1-16H. The Balaban J connectivity index is 1.41. The molecule has 0 aliphatic carbocycles. The van der Waals surface area contributed by atoms with E-state index in [1.165, 1.54) is 15.9 Å². The zero-order chi connectivity index (χ0) is 21.9. The lowest BCUT2D eigenvalue weighted by Crippen LogP contribution is -2.23. The highest BCUT2D eigenvalue weighted by molar-refractivity contribution is 7.15. The van der Waals surface area contributed by atoms with Gasteiger partial charge in [0, 0.05) is 5.02 Å². The molecule has 5 nitrogen and oxygen atoms in total. The molecule has 5 rings (SSSR count). The Hall–Kier alpha value is -3.74. The van der Waals surface area contributed by atoms with E-state index in [0.717, 1.165) is 16.9 Å². The van der Waals surface area contributed by atoms with Crippen molar-refractivity contribution < 1.29 is 4.74 Å². The number of halogens is 1. The molecule has 0 atom stereocenters. The summed E-state index contributed by atoms with van der Waals surface area (Å²) in [6.07, 6.45) is 5.48. The first-order valence-electron chi connectivity index (χ1n) is 9.82. The summed E-state index contributed by atoms with van der Waals surface area (Å²) in [6, 6.07) is 24.6. The summed E-state index contributed by atoms with van der Waals surface area (Å²) < 4.78 is 7.77. The lowest BCUT2D eigenvalue weighted by Gasteiger charge is -2.05. The van der Waals surface area contributed by atoms with Crippen molar-refractivity contribution in [3.63, 3.8) is 0 Å². The number of rotatable bonds is 5. The van der Waals surface area contributed by atoms with Crippen molar-refractivity contribution in [2.24, 2.45) is 0 Å². The number of para-hydroxylation sites is 1. The van der Waals surface area contributed by atoms with Crippen LogP contribution in [0.4, 0.5) is 0 Å². The van der Waals surface area contributed by atoms with E-state index in [0.29, 0.717) is 26.1 Å². The first kappa shape index (κ1) is 20.2. The minimum atomic E-state index is -0.196. The number of ether oxygens (including phenoxy) is 1. The molecular formula is C25H16ClN3O2S. The molecule has 7 heteroatoms. The number of nitrogens with zero attached hydrogens (tertiary/aromatic N) is 3. The zero-order valence-corrected chi connectivity index (χ0v) is 18.3. The van der Waals surface area contributed by atoms with Crippen LogP contribution in [-0.4, -0.2) is 14.6 Å². The lowest BCUT2D eigenvalue weighted by molar-refractivity contribution is 0.482. The maximum absolute atomic E-state index is 12.8. The van der Waals surface area contributed by atoms with Gasteiger partial charge < -0.3 is 4.74 Å². The van der Waals surface area contributed by atoms with Crippen molar-refractivity contribution in [1.82, 2.24) is 14.6 Å². The molecule has 32 heavy (non-hydrogen) atoms. The van der Waals surface area contributed by atoms with E-state index < -0.39 is 0 Å². The van der Waals surface area contributed by atoms with E-state index >= 15 is 0 Å². The highest BCUT2D eigenvalue weighted by atomic mass is 35.5. The van der Waals surface area contributed by atoms with Gasteiger partial charge in [0.25, 0.3) is 5.56 Å². The van der Waals surface area contributed by atoms with Crippen LogP contribution in [0.2, 0.25) is 5.02 Å². The van der Waals surface area contributed by atoms with Crippen LogP contribution < -0.4 is 14.8 Å². The molecule has 0 amide bonds. The van der Waals surface area contributed by atoms with Crippen molar-refractivity contribution in [2.75, 3.05) is 0 Å². The van der Waals surface area contributed by atoms with E-state index in [9.17, 15) is 4.79 Å². The van der Waals surface area contributed by atoms with Gasteiger partial charge in [-0.2, -0.15) is 9.50 Å². The Bertz CT molecular complexity index is 1520. The molecule has 0 saturated carbocycles. The fourth-order valence-corrected chi connectivity index (χ4v) is 4.15. The highest BCUT2D eigenvalue weighted by Gasteiger charge is 2.09. The van der Waals surface area contributed by atoms with Crippen molar-refractivity contribution in [3.05, 3.63) is 116 Å². The van der Waals surface area contributed by atoms with Crippen LogP contribution >= 0.6 is 22.9 Å². The Morgan fingerprint density at radius 3 is 2.44 bits per heavy atom. The second kappa shape index (κ2) is 8.78. The molecule has 0 saturated heterocycles. The number of thiazole rings is 1. The van der Waals surface area contributed by atoms with Gasteiger partial charge >= 0.3 is 0 Å².